The molecule has 0 aliphatic rings. The Balaban J connectivity index is 2.08. The number of carbonyl (C=O) groups excluding carboxylic acids is 1. The predicted molar refractivity (Wildman–Crippen MR) is 80.3 cm³/mol. The van der Waals surface area contributed by atoms with Gasteiger partial charge in [-0.2, -0.15) is 0 Å². The van der Waals surface area contributed by atoms with Crippen molar-refractivity contribution >= 4 is 23.2 Å². The number of non-ortho nitro benzene ring substituents is 1. The van der Waals surface area contributed by atoms with Gasteiger partial charge in [0.25, 0.3) is 11.6 Å². The standard InChI is InChI=1S/C15H13ClN2O3/c1-17(10-11-2-6-13(16)7-3-11)15(19)12-4-8-14(9-5-12)18(20)21/h2-9H,10H2,1H3. The zero-order valence-electron chi connectivity index (χ0n) is 11.3. The molecule has 0 unspecified atom stereocenters. The van der Waals surface area contributed by atoms with Crippen LogP contribution in [-0.4, -0.2) is 22.8 Å². The van der Waals surface area contributed by atoms with E-state index in [2.05, 4.69) is 0 Å². The Morgan fingerprint density at radius 1 is 1.14 bits per heavy atom. The van der Waals surface area contributed by atoms with Crippen molar-refractivity contribution in [3.05, 3.63) is 74.8 Å². The minimum Gasteiger partial charge on any atom is -0.337 e. The maximum Gasteiger partial charge on any atom is 0.269 e. The highest BCUT2D eigenvalue weighted by Gasteiger charge is 2.13. The van der Waals surface area contributed by atoms with Gasteiger partial charge in [0.05, 0.1) is 4.92 Å². The second kappa shape index (κ2) is 6.37. The summed E-state index contributed by atoms with van der Waals surface area (Å²) in [5.74, 6) is -0.195. The van der Waals surface area contributed by atoms with Crippen LogP contribution in [0.2, 0.25) is 5.02 Å². The van der Waals surface area contributed by atoms with E-state index in [4.69, 9.17) is 11.6 Å². The fourth-order valence-electron chi connectivity index (χ4n) is 1.88. The molecule has 108 valence electrons. The normalized spacial score (nSPS) is 10.2. The smallest absolute Gasteiger partial charge is 0.269 e. The summed E-state index contributed by atoms with van der Waals surface area (Å²) >= 11 is 5.81. The average Bonchev–Trinajstić information content (AvgIpc) is 2.49. The number of hydrogen-bond donors (Lipinski definition) is 0. The lowest BCUT2D eigenvalue weighted by atomic mass is 10.1. The van der Waals surface area contributed by atoms with Crippen LogP contribution in [0.3, 0.4) is 0 Å². The summed E-state index contributed by atoms with van der Waals surface area (Å²) in [6.07, 6.45) is 0. The molecule has 1 amide bonds. The van der Waals surface area contributed by atoms with E-state index >= 15 is 0 Å². The second-order valence-electron chi connectivity index (χ2n) is 4.59. The fraction of sp³-hybridized carbons (Fsp3) is 0.133. The third-order valence-electron chi connectivity index (χ3n) is 3.00. The van der Waals surface area contributed by atoms with Crippen LogP contribution in [0.15, 0.2) is 48.5 Å². The summed E-state index contributed by atoms with van der Waals surface area (Å²) in [4.78, 5) is 23.9. The molecule has 2 aromatic carbocycles. The Hall–Kier alpha value is -2.40. The van der Waals surface area contributed by atoms with E-state index in [1.807, 2.05) is 12.1 Å². The van der Waals surface area contributed by atoms with Crippen LogP contribution < -0.4 is 0 Å². The van der Waals surface area contributed by atoms with Gasteiger partial charge in [-0.15, -0.1) is 0 Å². The Bertz CT molecular complexity index is 654. The first kappa shape index (κ1) is 15.0. The molecule has 0 aliphatic heterocycles. The van der Waals surface area contributed by atoms with Crippen LogP contribution in [0.25, 0.3) is 0 Å². The van der Waals surface area contributed by atoms with E-state index in [0.717, 1.165) is 5.56 Å². The van der Waals surface area contributed by atoms with Crippen LogP contribution in [0.4, 0.5) is 5.69 Å². The van der Waals surface area contributed by atoms with Crippen LogP contribution in [0.1, 0.15) is 15.9 Å². The molecule has 21 heavy (non-hydrogen) atoms. The highest BCUT2D eigenvalue weighted by Crippen LogP contribution is 2.15. The molecular formula is C15H13ClN2O3. The predicted octanol–water partition coefficient (Wildman–Crippen LogP) is 3.52. The number of nitrogens with zero attached hydrogens (tertiary/aromatic N) is 2. The van der Waals surface area contributed by atoms with E-state index in [0.29, 0.717) is 17.1 Å². The third-order valence-corrected chi connectivity index (χ3v) is 3.26. The molecule has 0 spiro atoms. The molecule has 2 rings (SSSR count). The van der Waals surface area contributed by atoms with Crippen molar-refractivity contribution < 1.29 is 9.72 Å². The fourth-order valence-corrected chi connectivity index (χ4v) is 2.01. The number of rotatable bonds is 4. The first-order chi connectivity index (χ1) is 9.97. The molecule has 0 fully saturated rings. The SMILES string of the molecule is CN(Cc1ccc(Cl)cc1)C(=O)c1ccc([N+](=O)[O-])cc1. The molecule has 5 nitrogen and oxygen atoms in total. The molecule has 6 heteroatoms. The van der Waals surface area contributed by atoms with Gasteiger partial charge < -0.3 is 4.90 Å². The number of carbonyl (C=O) groups is 1. The van der Waals surface area contributed by atoms with Crippen LogP contribution in [0, 0.1) is 10.1 Å². The summed E-state index contributed by atoms with van der Waals surface area (Å²) in [6.45, 7) is 0.437. The lowest BCUT2D eigenvalue weighted by Gasteiger charge is -2.17. The maximum atomic E-state index is 12.2. The Morgan fingerprint density at radius 2 is 1.71 bits per heavy atom. The number of amides is 1. The first-order valence-electron chi connectivity index (χ1n) is 6.22. The van der Waals surface area contributed by atoms with Crippen molar-refractivity contribution in [2.24, 2.45) is 0 Å². The largest absolute Gasteiger partial charge is 0.337 e. The summed E-state index contributed by atoms with van der Waals surface area (Å²) < 4.78 is 0. The van der Waals surface area contributed by atoms with E-state index in [1.165, 1.54) is 24.3 Å². The van der Waals surface area contributed by atoms with Gasteiger partial charge in [-0.1, -0.05) is 23.7 Å². The first-order valence-corrected chi connectivity index (χ1v) is 6.59. The van der Waals surface area contributed by atoms with Gasteiger partial charge in [0.2, 0.25) is 0 Å². The Morgan fingerprint density at radius 3 is 2.24 bits per heavy atom. The van der Waals surface area contributed by atoms with Gasteiger partial charge in [0.15, 0.2) is 0 Å². The van der Waals surface area contributed by atoms with Crippen molar-refractivity contribution in [1.82, 2.24) is 4.90 Å². The summed E-state index contributed by atoms with van der Waals surface area (Å²) in [5, 5.41) is 11.2. The summed E-state index contributed by atoms with van der Waals surface area (Å²) in [5.41, 5.74) is 1.33. The van der Waals surface area contributed by atoms with Gasteiger partial charge in [-0.05, 0) is 29.8 Å². The Kier molecular flexibility index (Phi) is 4.55. The van der Waals surface area contributed by atoms with Crippen molar-refractivity contribution in [2.75, 3.05) is 7.05 Å². The average molecular weight is 305 g/mol. The van der Waals surface area contributed by atoms with Gasteiger partial charge in [0, 0.05) is 36.3 Å². The third kappa shape index (κ3) is 3.79. The van der Waals surface area contributed by atoms with Crippen LogP contribution in [0.5, 0.6) is 0 Å². The quantitative estimate of drug-likeness (QED) is 0.641. The monoisotopic (exact) mass is 304 g/mol. The molecular weight excluding hydrogens is 292 g/mol. The van der Waals surface area contributed by atoms with E-state index < -0.39 is 4.92 Å². The summed E-state index contributed by atoms with van der Waals surface area (Å²) in [7, 11) is 1.68. The van der Waals surface area contributed by atoms with Crippen LogP contribution >= 0.6 is 11.6 Å². The van der Waals surface area contributed by atoms with Gasteiger partial charge in [-0.25, -0.2) is 0 Å². The molecule has 0 saturated carbocycles. The van der Waals surface area contributed by atoms with Crippen molar-refractivity contribution in [2.45, 2.75) is 6.54 Å². The minimum atomic E-state index is -0.494. The van der Waals surface area contributed by atoms with E-state index in [9.17, 15) is 14.9 Å². The number of benzene rings is 2. The molecule has 0 radical (unpaired) electrons. The molecule has 0 N–H and O–H groups in total. The minimum absolute atomic E-state index is 0.0353. The molecule has 0 bridgehead atoms. The number of halogens is 1. The molecule has 0 saturated heterocycles. The molecule has 0 aliphatic carbocycles. The zero-order chi connectivity index (χ0) is 15.4. The molecule has 0 atom stereocenters. The molecule has 0 heterocycles. The van der Waals surface area contributed by atoms with Crippen molar-refractivity contribution in [3.63, 3.8) is 0 Å². The second-order valence-corrected chi connectivity index (χ2v) is 5.03. The Labute approximate surface area is 126 Å². The van der Waals surface area contributed by atoms with Crippen molar-refractivity contribution in [3.8, 4) is 0 Å². The van der Waals surface area contributed by atoms with Gasteiger partial charge >= 0.3 is 0 Å². The van der Waals surface area contributed by atoms with E-state index in [-0.39, 0.29) is 11.6 Å². The lowest BCUT2D eigenvalue weighted by Crippen LogP contribution is -2.26. The van der Waals surface area contributed by atoms with Crippen molar-refractivity contribution in [1.29, 1.82) is 0 Å². The molecule has 2 aromatic rings. The number of nitro benzene ring substituents is 1. The number of nitro groups is 1. The van der Waals surface area contributed by atoms with E-state index in [1.54, 1.807) is 24.1 Å². The van der Waals surface area contributed by atoms with Crippen LogP contribution in [-0.2, 0) is 6.54 Å². The zero-order valence-corrected chi connectivity index (χ0v) is 12.1. The maximum absolute atomic E-state index is 12.2. The van der Waals surface area contributed by atoms with Gasteiger partial charge in [-0.3, -0.25) is 14.9 Å². The highest BCUT2D eigenvalue weighted by atomic mass is 35.5. The van der Waals surface area contributed by atoms with Gasteiger partial charge in [0.1, 0.15) is 0 Å². The number of hydrogen-bond acceptors (Lipinski definition) is 3. The molecule has 0 aromatic heterocycles. The lowest BCUT2D eigenvalue weighted by molar-refractivity contribution is -0.384. The highest BCUT2D eigenvalue weighted by molar-refractivity contribution is 6.30. The summed E-state index contributed by atoms with van der Waals surface area (Å²) in [6, 6.07) is 12.8. The topological polar surface area (TPSA) is 63.5 Å².